The highest BCUT2D eigenvalue weighted by Gasteiger charge is 2.13. The number of fused-ring (bicyclic) bond motifs is 1. The summed E-state index contributed by atoms with van der Waals surface area (Å²) in [7, 11) is 0. The van der Waals surface area contributed by atoms with Gasteiger partial charge in [0.2, 0.25) is 16.9 Å². The molecular formula is C23H17ClO7. The van der Waals surface area contributed by atoms with E-state index in [0.29, 0.717) is 33.3 Å². The molecule has 2 heterocycles. The fourth-order valence-electron chi connectivity index (χ4n) is 3.07. The van der Waals surface area contributed by atoms with Crippen molar-refractivity contribution >= 4 is 28.5 Å². The summed E-state index contributed by atoms with van der Waals surface area (Å²) >= 11 is 6.18. The zero-order chi connectivity index (χ0) is 22.1. The molecule has 0 atom stereocenters. The number of aryl methyl sites for hydroxylation is 2. The van der Waals surface area contributed by atoms with Crippen LogP contribution in [0.3, 0.4) is 0 Å². The lowest BCUT2D eigenvalue weighted by Gasteiger charge is -2.10. The largest absolute Gasteiger partial charge is 0.486 e. The van der Waals surface area contributed by atoms with Crippen LogP contribution in [0, 0.1) is 13.8 Å². The summed E-state index contributed by atoms with van der Waals surface area (Å²) < 4.78 is 22.1. The molecule has 31 heavy (non-hydrogen) atoms. The highest BCUT2D eigenvalue weighted by atomic mass is 35.5. The van der Waals surface area contributed by atoms with Gasteiger partial charge in [-0.1, -0.05) is 11.6 Å². The van der Waals surface area contributed by atoms with E-state index in [-0.39, 0.29) is 23.5 Å². The molecule has 4 rings (SSSR count). The standard InChI is InChI=1S/C23H17ClO7/c1-12-7-16(8-13(2)21(12)24)31-20-11-29-19-9-14(3-5-17(19)22(20)25)28-10-15-4-6-18(30-15)23(26)27/h3-9,11H,10H2,1-2H3,(H,26,27). The highest BCUT2D eigenvalue weighted by molar-refractivity contribution is 6.32. The molecule has 2 aromatic carbocycles. The minimum atomic E-state index is -1.15. The molecule has 0 fully saturated rings. The zero-order valence-corrected chi connectivity index (χ0v) is 17.4. The van der Waals surface area contributed by atoms with Gasteiger partial charge in [0.05, 0.1) is 5.39 Å². The topological polar surface area (TPSA) is 99.1 Å². The second kappa shape index (κ2) is 8.20. The van der Waals surface area contributed by atoms with Crippen molar-refractivity contribution in [2.75, 3.05) is 0 Å². The minimum absolute atomic E-state index is 0.0273. The molecule has 1 N–H and O–H groups in total. The molecule has 0 bridgehead atoms. The Morgan fingerprint density at radius 2 is 1.81 bits per heavy atom. The lowest BCUT2D eigenvalue weighted by Crippen LogP contribution is -2.05. The number of hydrogen-bond acceptors (Lipinski definition) is 6. The normalized spacial score (nSPS) is 10.9. The van der Waals surface area contributed by atoms with Crippen LogP contribution in [0.25, 0.3) is 11.0 Å². The number of carboxylic acids is 1. The molecule has 0 amide bonds. The molecular weight excluding hydrogens is 424 g/mol. The van der Waals surface area contributed by atoms with Crippen LogP contribution in [-0.2, 0) is 6.61 Å². The number of halogens is 1. The molecule has 0 radical (unpaired) electrons. The van der Waals surface area contributed by atoms with E-state index in [1.807, 2.05) is 13.8 Å². The van der Waals surface area contributed by atoms with Crippen molar-refractivity contribution in [3.8, 4) is 17.2 Å². The summed E-state index contributed by atoms with van der Waals surface area (Å²) in [6, 6.07) is 11.1. The van der Waals surface area contributed by atoms with Gasteiger partial charge in [0, 0.05) is 11.1 Å². The van der Waals surface area contributed by atoms with Crippen LogP contribution in [0.2, 0.25) is 5.02 Å². The van der Waals surface area contributed by atoms with Gasteiger partial charge in [-0.2, -0.15) is 0 Å². The van der Waals surface area contributed by atoms with E-state index in [0.717, 1.165) is 11.1 Å². The fourth-order valence-corrected chi connectivity index (χ4v) is 3.18. The zero-order valence-electron chi connectivity index (χ0n) is 16.6. The van der Waals surface area contributed by atoms with E-state index in [1.165, 1.54) is 18.4 Å². The van der Waals surface area contributed by atoms with Gasteiger partial charge in [-0.3, -0.25) is 4.79 Å². The summed E-state index contributed by atoms with van der Waals surface area (Å²) in [6.07, 6.45) is 1.25. The Labute approximate surface area is 181 Å². The van der Waals surface area contributed by atoms with Crippen LogP contribution >= 0.6 is 11.6 Å². The molecule has 158 valence electrons. The molecule has 0 saturated carbocycles. The van der Waals surface area contributed by atoms with E-state index in [4.69, 9.17) is 35.0 Å². The molecule has 0 spiro atoms. The number of benzene rings is 2. The molecule has 0 aliphatic rings. The second-order valence-electron chi connectivity index (χ2n) is 6.92. The molecule has 0 saturated heterocycles. The van der Waals surface area contributed by atoms with Crippen molar-refractivity contribution in [2.24, 2.45) is 0 Å². The Hall–Kier alpha value is -3.71. The summed E-state index contributed by atoms with van der Waals surface area (Å²) in [4.78, 5) is 23.7. The van der Waals surface area contributed by atoms with Crippen LogP contribution < -0.4 is 14.9 Å². The molecule has 7 nitrogen and oxygen atoms in total. The Bertz CT molecular complexity index is 1330. The Balaban J connectivity index is 1.55. The van der Waals surface area contributed by atoms with Crippen LogP contribution in [0.5, 0.6) is 17.2 Å². The van der Waals surface area contributed by atoms with Crippen LogP contribution in [0.4, 0.5) is 0 Å². The van der Waals surface area contributed by atoms with E-state index < -0.39 is 5.97 Å². The van der Waals surface area contributed by atoms with Crippen molar-refractivity contribution < 1.29 is 28.2 Å². The molecule has 0 aliphatic carbocycles. The van der Waals surface area contributed by atoms with Crippen molar-refractivity contribution in [1.29, 1.82) is 0 Å². The van der Waals surface area contributed by atoms with Gasteiger partial charge in [0.25, 0.3) is 0 Å². The van der Waals surface area contributed by atoms with Gasteiger partial charge in [-0.25, -0.2) is 4.79 Å². The van der Waals surface area contributed by atoms with Crippen molar-refractivity contribution in [3.05, 3.63) is 86.6 Å². The van der Waals surface area contributed by atoms with Crippen LogP contribution in [-0.4, -0.2) is 11.1 Å². The van der Waals surface area contributed by atoms with Gasteiger partial charge in [-0.05, 0) is 61.4 Å². The fraction of sp³-hybridized carbons (Fsp3) is 0.130. The monoisotopic (exact) mass is 440 g/mol. The predicted molar refractivity (Wildman–Crippen MR) is 113 cm³/mol. The van der Waals surface area contributed by atoms with Crippen LogP contribution in [0.1, 0.15) is 27.4 Å². The second-order valence-corrected chi connectivity index (χ2v) is 7.30. The third-order valence-electron chi connectivity index (χ3n) is 4.61. The average molecular weight is 441 g/mol. The Morgan fingerprint density at radius 1 is 1.06 bits per heavy atom. The molecule has 4 aromatic rings. The number of hydrogen-bond donors (Lipinski definition) is 1. The minimum Gasteiger partial charge on any atom is -0.486 e. The van der Waals surface area contributed by atoms with Gasteiger partial charge in [0.15, 0.2) is 0 Å². The Kier molecular flexibility index (Phi) is 5.44. The van der Waals surface area contributed by atoms with Crippen molar-refractivity contribution in [2.45, 2.75) is 20.5 Å². The number of aromatic carboxylic acids is 1. The Morgan fingerprint density at radius 3 is 2.48 bits per heavy atom. The smallest absolute Gasteiger partial charge is 0.371 e. The van der Waals surface area contributed by atoms with Gasteiger partial charge >= 0.3 is 5.97 Å². The first-order chi connectivity index (χ1) is 14.8. The van der Waals surface area contributed by atoms with E-state index in [1.54, 1.807) is 30.3 Å². The molecule has 2 aromatic heterocycles. The van der Waals surface area contributed by atoms with Gasteiger partial charge in [0.1, 0.15) is 35.7 Å². The van der Waals surface area contributed by atoms with E-state index in [2.05, 4.69) is 0 Å². The SMILES string of the molecule is Cc1cc(Oc2coc3cc(OCc4ccc(C(=O)O)o4)ccc3c2=O)cc(C)c1Cl. The third kappa shape index (κ3) is 4.27. The quantitative estimate of drug-likeness (QED) is 0.409. The highest BCUT2D eigenvalue weighted by Crippen LogP contribution is 2.29. The average Bonchev–Trinajstić information content (AvgIpc) is 3.22. The third-order valence-corrected chi connectivity index (χ3v) is 5.20. The maximum absolute atomic E-state index is 12.8. The molecule has 0 unspecified atom stereocenters. The molecule has 0 aliphatic heterocycles. The first-order valence-corrected chi connectivity index (χ1v) is 9.64. The summed E-state index contributed by atoms with van der Waals surface area (Å²) in [5.74, 6) is 0.0180. The van der Waals surface area contributed by atoms with Crippen LogP contribution in [0.15, 0.2) is 62.4 Å². The van der Waals surface area contributed by atoms with Crippen molar-refractivity contribution in [3.63, 3.8) is 0 Å². The number of rotatable bonds is 6. The van der Waals surface area contributed by atoms with E-state index >= 15 is 0 Å². The number of carbonyl (C=O) groups is 1. The number of ether oxygens (including phenoxy) is 2. The van der Waals surface area contributed by atoms with Gasteiger partial charge < -0.3 is 23.4 Å². The summed E-state index contributed by atoms with van der Waals surface area (Å²) in [6.45, 7) is 3.75. The van der Waals surface area contributed by atoms with E-state index in [9.17, 15) is 9.59 Å². The molecule has 8 heteroatoms. The maximum atomic E-state index is 12.8. The number of furan rings is 1. The summed E-state index contributed by atoms with van der Waals surface area (Å²) in [5, 5.41) is 9.87. The first kappa shape index (κ1) is 20.6. The summed E-state index contributed by atoms with van der Waals surface area (Å²) in [5.41, 5.74) is 1.69. The van der Waals surface area contributed by atoms with Gasteiger partial charge in [-0.15, -0.1) is 0 Å². The van der Waals surface area contributed by atoms with Crippen molar-refractivity contribution in [1.82, 2.24) is 0 Å². The lowest BCUT2D eigenvalue weighted by atomic mass is 10.1. The maximum Gasteiger partial charge on any atom is 0.371 e. The predicted octanol–water partition coefficient (Wildman–Crippen LogP) is 5.73. The lowest BCUT2D eigenvalue weighted by molar-refractivity contribution is 0.0658. The number of carboxylic acid groups (broad SMARTS) is 1. The first-order valence-electron chi connectivity index (χ1n) is 9.27.